The van der Waals surface area contributed by atoms with E-state index in [2.05, 4.69) is 99.2 Å². The minimum absolute atomic E-state index is 0.0856. The Morgan fingerprint density at radius 3 is 1.46 bits per heavy atom. The van der Waals surface area contributed by atoms with Gasteiger partial charge in [-0.05, 0) is 69.8 Å². The Kier molecular flexibility index (Phi) is 17.2. The van der Waals surface area contributed by atoms with E-state index in [4.69, 9.17) is 41.9 Å². The van der Waals surface area contributed by atoms with Crippen LogP contribution in [-0.4, -0.2) is 57.6 Å². The fraction of sp³-hybridized carbons (Fsp3) is 0.0417. The van der Waals surface area contributed by atoms with Crippen LogP contribution in [0.2, 0.25) is 0 Å². The van der Waals surface area contributed by atoms with Gasteiger partial charge >= 0.3 is 12.0 Å². The Hall–Kier alpha value is -8.14. The van der Waals surface area contributed by atoms with Crippen molar-refractivity contribution in [2.75, 3.05) is 11.5 Å². The number of anilines is 2. The molecular weight excluding hydrogens is 1020 g/mol. The Morgan fingerprint density at radius 2 is 1.01 bits per heavy atom. The predicted octanol–water partition coefficient (Wildman–Crippen LogP) is 10.1. The maximum atomic E-state index is 12.3. The van der Waals surface area contributed by atoms with Gasteiger partial charge in [-0.25, -0.2) is 20.8 Å². The summed E-state index contributed by atoms with van der Waals surface area (Å²) in [5.74, 6) is 4.78. The highest BCUT2D eigenvalue weighted by molar-refractivity contribution is 9.12. The van der Waals surface area contributed by atoms with Crippen LogP contribution in [0.3, 0.4) is 0 Å². The minimum Gasteiger partial charge on any atom is -0.408 e. The molecule has 9 N–H and O–H groups in total. The normalized spacial score (nSPS) is 10.3. The molecule has 0 saturated carbocycles. The molecule has 6 aromatic carbocycles. The van der Waals surface area contributed by atoms with E-state index in [9.17, 15) is 9.59 Å². The molecular formula is C48H37BrN12O6S3. The lowest BCUT2D eigenvalue weighted by atomic mass is 10.1. The monoisotopic (exact) mass is 1050 g/mol. The van der Waals surface area contributed by atoms with Gasteiger partial charge in [-0.3, -0.25) is 25.5 Å². The van der Waals surface area contributed by atoms with Crippen molar-refractivity contribution in [3.63, 3.8) is 0 Å². The fourth-order valence-corrected chi connectivity index (χ4v) is 9.56. The van der Waals surface area contributed by atoms with Crippen molar-refractivity contribution in [2.45, 2.75) is 12.8 Å². The molecule has 0 aliphatic carbocycles. The molecule has 0 radical (unpaired) electrons. The molecule has 0 fully saturated rings. The van der Waals surface area contributed by atoms with Crippen molar-refractivity contribution in [3.8, 4) is 38.4 Å². The number of hydrogen-bond acceptors (Lipinski definition) is 20. The molecule has 70 heavy (non-hydrogen) atoms. The van der Waals surface area contributed by atoms with Crippen LogP contribution in [0, 0.1) is 10.2 Å². The number of carbonyl (C=O) groups excluding carboxylic acids is 2. The summed E-state index contributed by atoms with van der Waals surface area (Å²) in [6.45, 7) is 0. The summed E-state index contributed by atoms with van der Waals surface area (Å²) in [5, 5.41) is 35.9. The van der Waals surface area contributed by atoms with E-state index in [1.165, 1.54) is 39.4 Å². The topological polar surface area (TPSA) is 305 Å². The number of amides is 1. The number of carbonyl (C=O) groups is 2. The van der Waals surface area contributed by atoms with Gasteiger partial charge in [0, 0.05) is 15.9 Å². The number of nitrogens with one attached hydrogen (secondary N) is 1. The van der Waals surface area contributed by atoms with E-state index in [0.717, 1.165) is 57.4 Å². The van der Waals surface area contributed by atoms with Crippen LogP contribution in [-0.2, 0) is 17.6 Å². The van der Waals surface area contributed by atoms with Gasteiger partial charge in [0.2, 0.25) is 11.8 Å². The lowest BCUT2D eigenvalue weighted by molar-refractivity contribution is -0.176. The maximum Gasteiger partial charge on any atom is 0.313 e. The average molecular weight is 1050 g/mol. The first-order valence-electron chi connectivity index (χ1n) is 20.4. The number of nitriles is 1. The van der Waals surface area contributed by atoms with Crippen LogP contribution in [0.4, 0.5) is 12.0 Å². The number of hydrazine groups is 1. The summed E-state index contributed by atoms with van der Waals surface area (Å²) < 4.78 is 13.3. The number of aromatic nitrogens is 7. The van der Waals surface area contributed by atoms with E-state index in [1.54, 1.807) is 16.3 Å². The lowest BCUT2D eigenvalue weighted by Crippen LogP contribution is -2.31. The fourth-order valence-electron chi connectivity index (χ4n) is 6.62. The van der Waals surface area contributed by atoms with Crippen molar-refractivity contribution in [2.24, 2.45) is 5.84 Å². The van der Waals surface area contributed by atoms with Crippen LogP contribution in [0.25, 0.3) is 64.0 Å². The first-order valence-corrected chi connectivity index (χ1v) is 23.7. The van der Waals surface area contributed by atoms with Gasteiger partial charge in [0.15, 0.2) is 5.01 Å². The third kappa shape index (κ3) is 12.9. The van der Waals surface area contributed by atoms with Crippen LogP contribution in [0.15, 0.2) is 154 Å². The quantitative estimate of drug-likeness (QED) is 0.0257. The molecule has 0 bridgehead atoms. The highest BCUT2D eigenvalue weighted by Crippen LogP contribution is 2.32. The second-order valence-corrected chi connectivity index (χ2v) is 17.8. The predicted molar refractivity (Wildman–Crippen MR) is 275 cm³/mol. The van der Waals surface area contributed by atoms with Crippen LogP contribution >= 0.6 is 49.9 Å². The second kappa shape index (κ2) is 24.2. The first-order chi connectivity index (χ1) is 34.2. The summed E-state index contributed by atoms with van der Waals surface area (Å²) in [6.07, 6.45) is 0.723. The Bertz CT molecular complexity index is 3520. The molecule has 1 amide bonds. The second-order valence-electron chi connectivity index (χ2n) is 14.2. The SMILES string of the molecule is N#CBr.NNC(=O)Cc1nc2ccc(-c3ccccc3)cc2s1.Nc1nnc(C(=O)c2nc3ccc(-c4ccccc4)cc3s2)o1.Nc1nnc(Cc2nc3ccc(-c4ccccc4)cc3s2)o1.OO. The number of fused-ring (bicyclic) bond motifs is 3. The van der Waals surface area contributed by atoms with Gasteiger partial charge < -0.3 is 20.3 Å². The van der Waals surface area contributed by atoms with E-state index >= 15 is 0 Å². The number of halogens is 1. The van der Waals surface area contributed by atoms with E-state index in [0.29, 0.717) is 17.3 Å². The Labute approximate surface area is 417 Å². The van der Waals surface area contributed by atoms with Crippen molar-refractivity contribution < 1.29 is 28.9 Å². The van der Waals surface area contributed by atoms with Crippen molar-refractivity contribution >= 4 is 104 Å². The minimum atomic E-state index is -0.420. The molecule has 5 aromatic heterocycles. The maximum absolute atomic E-state index is 12.3. The summed E-state index contributed by atoms with van der Waals surface area (Å²) in [5.41, 5.74) is 22.4. The van der Waals surface area contributed by atoms with Gasteiger partial charge in [-0.1, -0.05) is 119 Å². The molecule has 0 unspecified atom stereocenters. The highest BCUT2D eigenvalue weighted by atomic mass is 79.9. The van der Waals surface area contributed by atoms with Crippen LogP contribution in [0.1, 0.15) is 31.6 Å². The zero-order chi connectivity index (χ0) is 49.4. The third-order valence-corrected chi connectivity index (χ3v) is 12.7. The van der Waals surface area contributed by atoms with Crippen molar-refractivity contribution in [1.82, 2.24) is 40.8 Å². The summed E-state index contributed by atoms with van der Waals surface area (Å²) in [7, 11) is 0. The Morgan fingerprint density at radius 1 is 0.586 bits per heavy atom. The summed E-state index contributed by atoms with van der Waals surface area (Å²) in [6, 6.07) is 48.8. The standard InChI is InChI=1S/C16H10N4O2S.C16H12N4OS.C15H13N3OS.CBrN.H2O2/c17-16-20-19-14(22-16)13(21)15-18-11-7-6-10(8-12(11)23-15)9-4-2-1-3-5-9;17-16-20-19-14(21-16)9-15-18-12-7-6-11(8-13(12)22-15)10-4-2-1-3-5-10;16-18-14(19)9-15-17-12-7-6-11(8-13(12)20-15)10-4-2-1-3-5-10;2-1-3;1-2/h1-8H,(H2,17,20);1-8H,9H2,(H2,17,20);1-8H,9,16H2,(H,18,19);;1-2H. The number of benzene rings is 6. The lowest BCUT2D eigenvalue weighted by Gasteiger charge is -2.00. The molecule has 0 aliphatic rings. The summed E-state index contributed by atoms with van der Waals surface area (Å²) in [4.78, 5) is 38.5. The number of ketones is 1. The number of nitrogen functional groups attached to an aromatic ring is 2. The number of hydrogen-bond donors (Lipinski definition) is 6. The largest absolute Gasteiger partial charge is 0.408 e. The Balaban J connectivity index is 0.000000148. The van der Waals surface area contributed by atoms with E-state index in [-0.39, 0.29) is 30.2 Å². The van der Waals surface area contributed by atoms with Gasteiger partial charge in [-0.15, -0.1) is 44.2 Å². The van der Waals surface area contributed by atoms with Gasteiger partial charge in [0.05, 0.1) is 43.5 Å². The summed E-state index contributed by atoms with van der Waals surface area (Å²) >= 11 is 6.89. The molecule has 18 nitrogen and oxygen atoms in total. The third-order valence-electron chi connectivity index (χ3n) is 9.66. The first kappa shape index (κ1) is 49.8. The smallest absolute Gasteiger partial charge is 0.313 e. The van der Waals surface area contributed by atoms with E-state index in [1.807, 2.05) is 103 Å². The van der Waals surface area contributed by atoms with Crippen LogP contribution < -0.4 is 22.7 Å². The van der Waals surface area contributed by atoms with Crippen LogP contribution in [0.5, 0.6) is 0 Å². The number of rotatable bonds is 9. The average Bonchev–Trinajstić information content (AvgIpc) is 4.27. The van der Waals surface area contributed by atoms with Gasteiger partial charge in [-0.2, -0.15) is 5.26 Å². The molecule has 5 heterocycles. The van der Waals surface area contributed by atoms with E-state index < -0.39 is 5.78 Å². The molecule has 22 heteroatoms. The highest BCUT2D eigenvalue weighted by Gasteiger charge is 2.21. The number of nitrogens with two attached hydrogens (primary N) is 3. The van der Waals surface area contributed by atoms with Gasteiger partial charge in [0.25, 0.3) is 11.7 Å². The molecule has 0 atom stereocenters. The molecule has 11 rings (SSSR count). The zero-order valence-corrected chi connectivity index (χ0v) is 40.2. The molecule has 0 aliphatic heterocycles. The van der Waals surface area contributed by atoms with Crippen molar-refractivity contribution in [1.29, 1.82) is 5.26 Å². The molecule has 0 spiro atoms. The number of nitrogens with zero attached hydrogens (tertiary/aromatic N) is 8. The molecule has 11 aromatic rings. The zero-order valence-electron chi connectivity index (χ0n) is 36.2. The molecule has 350 valence electrons. The molecule has 0 saturated heterocycles. The number of thiazole rings is 3. The van der Waals surface area contributed by atoms with Gasteiger partial charge in [0.1, 0.15) is 15.0 Å². The van der Waals surface area contributed by atoms with Crippen molar-refractivity contribution in [3.05, 3.63) is 172 Å².